The van der Waals surface area contributed by atoms with Crippen molar-refractivity contribution in [3.63, 3.8) is 0 Å². The number of hydrogen-bond donors (Lipinski definition) is 1. The molecule has 1 saturated heterocycles. The summed E-state index contributed by atoms with van der Waals surface area (Å²) < 4.78 is 5.47. The van der Waals surface area contributed by atoms with Crippen molar-refractivity contribution < 1.29 is 4.74 Å². The van der Waals surface area contributed by atoms with E-state index in [-0.39, 0.29) is 6.04 Å². The van der Waals surface area contributed by atoms with Crippen molar-refractivity contribution in [1.82, 2.24) is 4.90 Å². The topological polar surface area (TPSA) is 38.5 Å². The van der Waals surface area contributed by atoms with Crippen LogP contribution < -0.4 is 10.5 Å². The third kappa shape index (κ3) is 3.74. The second-order valence-corrected chi connectivity index (χ2v) is 6.06. The summed E-state index contributed by atoms with van der Waals surface area (Å²) in [6, 6.07) is 9.01. The molecule has 112 valence electrons. The minimum absolute atomic E-state index is 0.0880. The molecular weight excluding hydrogens is 248 g/mol. The van der Waals surface area contributed by atoms with Gasteiger partial charge < -0.3 is 10.5 Å². The molecule has 1 aliphatic heterocycles. The van der Waals surface area contributed by atoms with Crippen molar-refractivity contribution in [3.05, 3.63) is 29.8 Å². The molecule has 0 aromatic heterocycles. The SMILES string of the molecule is CCOc1ccc(C(N)CN2CCCC2C(C)C)cc1. The molecule has 2 unspecified atom stereocenters. The Labute approximate surface area is 123 Å². The second kappa shape index (κ2) is 7.09. The first-order valence-electron chi connectivity index (χ1n) is 7.84. The minimum atomic E-state index is 0.0880. The van der Waals surface area contributed by atoms with Gasteiger partial charge in [0.05, 0.1) is 6.61 Å². The third-order valence-corrected chi connectivity index (χ3v) is 4.23. The van der Waals surface area contributed by atoms with Gasteiger partial charge in [0.15, 0.2) is 0 Å². The molecule has 1 aromatic carbocycles. The van der Waals surface area contributed by atoms with Crippen molar-refractivity contribution in [2.24, 2.45) is 11.7 Å². The second-order valence-electron chi connectivity index (χ2n) is 6.06. The molecular formula is C17H28N2O. The number of benzene rings is 1. The molecule has 0 radical (unpaired) electrons. The van der Waals surface area contributed by atoms with Gasteiger partial charge in [-0.25, -0.2) is 0 Å². The molecule has 3 nitrogen and oxygen atoms in total. The zero-order valence-electron chi connectivity index (χ0n) is 13.0. The van der Waals surface area contributed by atoms with Crippen LogP contribution in [0.25, 0.3) is 0 Å². The smallest absolute Gasteiger partial charge is 0.119 e. The normalized spacial score (nSPS) is 21.4. The van der Waals surface area contributed by atoms with E-state index < -0.39 is 0 Å². The van der Waals surface area contributed by atoms with E-state index in [4.69, 9.17) is 10.5 Å². The molecule has 1 heterocycles. The number of ether oxygens (including phenoxy) is 1. The number of rotatable bonds is 6. The molecule has 0 saturated carbocycles. The van der Waals surface area contributed by atoms with Crippen LogP contribution in [-0.4, -0.2) is 30.6 Å². The van der Waals surface area contributed by atoms with Crippen LogP contribution in [-0.2, 0) is 0 Å². The molecule has 1 fully saturated rings. The maximum absolute atomic E-state index is 6.38. The van der Waals surface area contributed by atoms with E-state index in [1.165, 1.54) is 24.9 Å². The largest absolute Gasteiger partial charge is 0.494 e. The molecule has 2 atom stereocenters. The Morgan fingerprint density at radius 2 is 2.00 bits per heavy atom. The summed E-state index contributed by atoms with van der Waals surface area (Å²) in [4.78, 5) is 2.56. The zero-order chi connectivity index (χ0) is 14.5. The lowest BCUT2D eigenvalue weighted by Crippen LogP contribution is -2.38. The monoisotopic (exact) mass is 276 g/mol. The van der Waals surface area contributed by atoms with Gasteiger partial charge in [-0.05, 0) is 49.9 Å². The van der Waals surface area contributed by atoms with Crippen LogP contribution in [0.2, 0.25) is 0 Å². The van der Waals surface area contributed by atoms with Crippen molar-refractivity contribution in [3.8, 4) is 5.75 Å². The average Bonchev–Trinajstić information content (AvgIpc) is 2.88. The fourth-order valence-electron chi connectivity index (χ4n) is 3.17. The molecule has 20 heavy (non-hydrogen) atoms. The van der Waals surface area contributed by atoms with Crippen molar-refractivity contribution in [2.45, 2.75) is 45.7 Å². The summed E-state index contributed by atoms with van der Waals surface area (Å²) in [5.41, 5.74) is 7.58. The Morgan fingerprint density at radius 1 is 1.30 bits per heavy atom. The minimum Gasteiger partial charge on any atom is -0.494 e. The van der Waals surface area contributed by atoms with Crippen LogP contribution in [0.15, 0.2) is 24.3 Å². The standard InChI is InChI=1S/C17H28N2O/c1-4-20-15-9-7-14(8-10-15)16(18)12-19-11-5-6-17(19)13(2)3/h7-10,13,16-17H,4-6,11-12,18H2,1-3H3. The van der Waals surface area contributed by atoms with Crippen LogP contribution in [0.1, 0.15) is 45.2 Å². The first-order valence-corrected chi connectivity index (χ1v) is 7.84. The molecule has 2 N–H and O–H groups in total. The lowest BCUT2D eigenvalue weighted by molar-refractivity contribution is 0.195. The fraction of sp³-hybridized carbons (Fsp3) is 0.647. The van der Waals surface area contributed by atoms with Crippen LogP contribution in [0.5, 0.6) is 5.75 Å². The van der Waals surface area contributed by atoms with Crippen LogP contribution >= 0.6 is 0 Å². The van der Waals surface area contributed by atoms with Gasteiger partial charge >= 0.3 is 0 Å². The quantitative estimate of drug-likeness (QED) is 0.867. The molecule has 1 aliphatic rings. The highest BCUT2D eigenvalue weighted by Gasteiger charge is 2.28. The van der Waals surface area contributed by atoms with Gasteiger partial charge in [0.1, 0.15) is 5.75 Å². The molecule has 0 spiro atoms. The zero-order valence-corrected chi connectivity index (χ0v) is 13.0. The van der Waals surface area contributed by atoms with Crippen molar-refractivity contribution in [1.29, 1.82) is 0 Å². The summed E-state index contributed by atoms with van der Waals surface area (Å²) in [6.07, 6.45) is 2.62. The van der Waals surface area contributed by atoms with Gasteiger partial charge in [-0.3, -0.25) is 4.90 Å². The number of nitrogens with zero attached hydrogens (tertiary/aromatic N) is 1. The number of likely N-dealkylation sites (tertiary alicyclic amines) is 1. The van der Waals surface area contributed by atoms with Crippen LogP contribution in [0.3, 0.4) is 0 Å². The van der Waals surface area contributed by atoms with Gasteiger partial charge in [-0.15, -0.1) is 0 Å². The average molecular weight is 276 g/mol. The third-order valence-electron chi connectivity index (χ3n) is 4.23. The Morgan fingerprint density at radius 3 is 2.60 bits per heavy atom. The van der Waals surface area contributed by atoms with Gasteiger partial charge in [-0.2, -0.15) is 0 Å². The van der Waals surface area contributed by atoms with E-state index >= 15 is 0 Å². The van der Waals surface area contributed by atoms with E-state index in [1.807, 2.05) is 19.1 Å². The summed E-state index contributed by atoms with van der Waals surface area (Å²) in [7, 11) is 0. The molecule has 0 aliphatic carbocycles. The highest BCUT2D eigenvalue weighted by atomic mass is 16.5. The Kier molecular flexibility index (Phi) is 5.44. The van der Waals surface area contributed by atoms with Crippen LogP contribution in [0.4, 0.5) is 0 Å². The Bertz CT molecular complexity index is 402. The fourth-order valence-corrected chi connectivity index (χ4v) is 3.17. The number of nitrogens with two attached hydrogens (primary N) is 1. The van der Waals surface area contributed by atoms with Gasteiger partial charge in [0, 0.05) is 18.6 Å². The molecule has 0 bridgehead atoms. The maximum Gasteiger partial charge on any atom is 0.119 e. The summed E-state index contributed by atoms with van der Waals surface area (Å²) in [5.74, 6) is 1.63. The highest BCUT2D eigenvalue weighted by Crippen LogP contribution is 2.26. The lowest BCUT2D eigenvalue weighted by Gasteiger charge is -2.30. The summed E-state index contributed by atoms with van der Waals surface area (Å²) in [5, 5.41) is 0. The van der Waals surface area contributed by atoms with E-state index in [0.717, 1.165) is 12.3 Å². The first-order chi connectivity index (χ1) is 9.61. The Hall–Kier alpha value is -1.06. The predicted molar refractivity (Wildman–Crippen MR) is 84.0 cm³/mol. The Balaban J connectivity index is 1.95. The van der Waals surface area contributed by atoms with Gasteiger partial charge in [0.2, 0.25) is 0 Å². The van der Waals surface area contributed by atoms with E-state index in [0.29, 0.717) is 18.6 Å². The maximum atomic E-state index is 6.38. The molecule has 3 heteroatoms. The molecule has 1 aromatic rings. The number of hydrogen-bond acceptors (Lipinski definition) is 3. The van der Waals surface area contributed by atoms with E-state index in [1.54, 1.807) is 0 Å². The van der Waals surface area contributed by atoms with E-state index in [9.17, 15) is 0 Å². The molecule has 2 rings (SSSR count). The first kappa shape index (κ1) is 15.3. The van der Waals surface area contributed by atoms with Crippen molar-refractivity contribution in [2.75, 3.05) is 19.7 Å². The van der Waals surface area contributed by atoms with Gasteiger partial charge in [-0.1, -0.05) is 26.0 Å². The summed E-state index contributed by atoms with van der Waals surface area (Å²) >= 11 is 0. The van der Waals surface area contributed by atoms with E-state index in [2.05, 4.69) is 30.9 Å². The predicted octanol–water partition coefficient (Wildman–Crippen LogP) is 3.21. The van der Waals surface area contributed by atoms with Crippen LogP contribution in [0, 0.1) is 5.92 Å². The van der Waals surface area contributed by atoms with Gasteiger partial charge in [0.25, 0.3) is 0 Å². The highest BCUT2D eigenvalue weighted by molar-refractivity contribution is 5.29. The lowest BCUT2D eigenvalue weighted by atomic mass is 10.0. The van der Waals surface area contributed by atoms with Crippen molar-refractivity contribution >= 4 is 0 Å². The molecule has 0 amide bonds. The summed E-state index contributed by atoms with van der Waals surface area (Å²) in [6.45, 7) is 9.47.